The summed E-state index contributed by atoms with van der Waals surface area (Å²) in [6, 6.07) is 10.4. The Hall–Kier alpha value is -1.39. The normalized spacial score (nSPS) is 10.7. The summed E-state index contributed by atoms with van der Waals surface area (Å²) in [5.41, 5.74) is 0.835. The first-order chi connectivity index (χ1) is 7.77. The molecule has 0 atom stereocenters. The highest BCUT2D eigenvalue weighted by Crippen LogP contribution is 2.16. The van der Waals surface area contributed by atoms with Crippen LogP contribution in [0.15, 0.2) is 36.4 Å². The molecule has 2 aromatic rings. The van der Waals surface area contributed by atoms with E-state index in [-0.39, 0.29) is 5.82 Å². The van der Waals surface area contributed by atoms with Crippen LogP contribution in [0, 0.1) is 5.82 Å². The summed E-state index contributed by atoms with van der Waals surface area (Å²) in [4.78, 5) is 0. The molecule has 0 saturated carbocycles. The van der Waals surface area contributed by atoms with Crippen LogP contribution in [0.4, 0.5) is 4.39 Å². The summed E-state index contributed by atoms with van der Waals surface area (Å²) in [5, 5.41) is 1.40. The fourth-order valence-corrected chi connectivity index (χ4v) is 1.84. The molecule has 0 N–H and O–H groups in total. The molecule has 0 fully saturated rings. The summed E-state index contributed by atoms with van der Waals surface area (Å²) >= 11 is 0. The lowest BCUT2D eigenvalue weighted by Gasteiger charge is -2.12. The molecule has 2 aromatic carbocycles. The second kappa shape index (κ2) is 4.64. The number of fused-ring (bicyclic) bond motifs is 1. The SMILES string of the molecule is COB(OC)c1ccc(F)c2ccccc12. The lowest BCUT2D eigenvalue weighted by atomic mass is 9.76. The van der Waals surface area contributed by atoms with Crippen molar-refractivity contribution in [2.24, 2.45) is 0 Å². The molecule has 0 radical (unpaired) electrons. The van der Waals surface area contributed by atoms with E-state index in [9.17, 15) is 4.39 Å². The van der Waals surface area contributed by atoms with E-state index in [0.29, 0.717) is 5.39 Å². The standard InChI is InChI=1S/C12H12BFO2/c1-15-13(16-2)11-7-8-12(14)10-6-4-3-5-9(10)11/h3-8H,1-2H3. The second-order valence-electron chi connectivity index (χ2n) is 3.49. The first-order valence-corrected chi connectivity index (χ1v) is 5.00. The zero-order valence-corrected chi connectivity index (χ0v) is 9.24. The highest BCUT2D eigenvalue weighted by atomic mass is 19.1. The Balaban J connectivity index is 2.66. The van der Waals surface area contributed by atoms with Crippen LogP contribution in [0.2, 0.25) is 0 Å². The van der Waals surface area contributed by atoms with Gasteiger partial charge >= 0.3 is 7.12 Å². The Morgan fingerprint density at radius 3 is 2.19 bits per heavy atom. The van der Waals surface area contributed by atoms with Gasteiger partial charge in [-0.2, -0.15) is 0 Å². The molecular weight excluding hydrogens is 206 g/mol. The van der Waals surface area contributed by atoms with Crippen molar-refractivity contribution in [1.82, 2.24) is 0 Å². The van der Waals surface area contributed by atoms with Crippen molar-refractivity contribution in [3.8, 4) is 0 Å². The molecule has 0 saturated heterocycles. The highest BCUT2D eigenvalue weighted by Gasteiger charge is 2.21. The highest BCUT2D eigenvalue weighted by molar-refractivity contribution is 6.64. The Morgan fingerprint density at radius 2 is 1.56 bits per heavy atom. The van der Waals surface area contributed by atoms with E-state index in [2.05, 4.69) is 0 Å². The van der Waals surface area contributed by atoms with E-state index in [1.165, 1.54) is 6.07 Å². The molecule has 2 nitrogen and oxygen atoms in total. The van der Waals surface area contributed by atoms with E-state index < -0.39 is 7.12 Å². The maximum Gasteiger partial charge on any atom is 0.494 e. The van der Waals surface area contributed by atoms with Crippen molar-refractivity contribution in [2.75, 3.05) is 14.2 Å². The fourth-order valence-electron chi connectivity index (χ4n) is 1.84. The zero-order chi connectivity index (χ0) is 11.5. The van der Waals surface area contributed by atoms with Crippen LogP contribution in [0.25, 0.3) is 10.8 Å². The summed E-state index contributed by atoms with van der Waals surface area (Å²) in [6.45, 7) is 0. The number of halogens is 1. The predicted octanol–water partition coefficient (Wildman–Crippen LogP) is 1.97. The van der Waals surface area contributed by atoms with Gasteiger partial charge in [0.1, 0.15) is 5.82 Å². The summed E-state index contributed by atoms with van der Waals surface area (Å²) < 4.78 is 23.9. The molecule has 2 rings (SSSR count). The number of rotatable bonds is 3. The third-order valence-electron chi connectivity index (χ3n) is 2.59. The van der Waals surface area contributed by atoms with E-state index in [0.717, 1.165) is 10.8 Å². The Morgan fingerprint density at radius 1 is 0.938 bits per heavy atom. The van der Waals surface area contributed by atoms with Crippen LogP contribution < -0.4 is 5.46 Å². The quantitative estimate of drug-likeness (QED) is 0.733. The van der Waals surface area contributed by atoms with Crippen molar-refractivity contribution in [3.63, 3.8) is 0 Å². The van der Waals surface area contributed by atoms with Crippen LogP contribution in [0.5, 0.6) is 0 Å². The molecule has 0 aliphatic carbocycles. The topological polar surface area (TPSA) is 18.5 Å². The molecule has 0 amide bonds. The van der Waals surface area contributed by atoms with Gasteiger partial charge in [0.2, 0.25) is 0 Å². The van der Waals surface area contributed by atoms with Crippen molar-refractivity contribution in [3.05, 3.63) is 42.2 Å². The molecule has 0 bridgehead atoms. The Kier molecular flexibility index (Phi) is 3.22. The average Bonchev–Trinajstić information content (AvgIpc) is 2.34. The molecular formula is C12H12BFO2. The number of hydrogen-bond acceptors (Lipinski definition) is 2. The molecule has 82 valence electrons. The smallest absolute Gasteiger partial charge is 0.410 e. The van der Waals surface area contributed by atoms with Gasteiger partial charge in [0.15, 0.2) is 0 Å². The third-order valence-corrected chi connectivity index (χ3v) is 2.59. The van der Waals surface area contributed by atoms with E-state index >= 15 is 0 Å². The molecule has 0 aliphatic heterocycles. The summed E-state index contributed by atoms with van der Waals surface area (Å²) in [5.74, 6) is -0.231. The Bertz CT molecular complexity index is 497. The minimum Gasteiger partial charge on any atom is -0.410 e. The van der Waals surface area contributed by atoms with Crippen LogP contribution in [-0.2, 0) is 9.31 Å². The maximum absolute atomic E-state index is 13.6. The molecule has 0 aromatic heterocycles. The van der Waals surface area contributed by atoms with Crippen molar-refractivity contribution < 1.29 is 13.7 Å². The predicted molar refractivity (Wildman–Crippen MR) is 63.3 cm³/mol. The average molecular weight is 218 g/mol. The van der Waals surface area contributed by atoms with Gasteiger partial charge in [-0.25, -0.2) is 4.39 Å². The van der Waals surface area contributed by atoms with Gasteiger partial charge in [0, 0.05) is 19.6 Å². The number of hydrogen-bond donors (Lipinski definition) is 0. The van der Waals surface area contributed by atoms with E-state index in [1.54, 1.807) is 26.4 Å². The largest absolute Gasteiger partial charge is 0.494 e. The molecule has 0 aliphatic rings. The molecule has 0 unspecified atom stereocenters. The van der Waals surface area contributed by atoms with E-state index in [1.807, 2.05) is 18.2 Å². The molecule has 0 heterocycles. The van der Waals surface area contributed by atoms with Crippen LogP contribution in [0.3, 0.4) is 0 Å². The maximum atomic E-state index is 13.6. The van der Waals surface area contributed by atoms with Gasteiger partial charge in [-0.15, -0.1) is 0 Å². The second-order valence-corrected chi connectivity index (χ2v) is 3.49. The van der Waals surface area contributed by atoms with Gasteiger partial charge in [-0.1, -0.05) is 30.3 Å². The lowest BCUT2D eigenvalue weighted by Crippen LogP contribution is -2.35. The summed E-state index contributed by atoms with van der Waals surface area (Å²) in [7, 11) is 2.66. The first kappa shape index (κ1) is 11.1. The van der Waals surface area contributed by atoms with Crippen molar-refractivity contribution in [2.45, 2.75) is 0 Å². The van der Waals surface area contributed by atoms with Gasteiger partial charge in [0.25, 0.3) is 0 Å². The molecule has 0 spiro atoms. The van der Waals surface area contributed by atoms with Gasteiger partial charge in [-0.3, -0.25) is 0 Å². The van der Waals surface area contributed by atoms with E-state index in [4.69, 9.17) is 9.31 Å². The van der Waals surface area contributed by atoms with Crippen LogP contribution in [-0.4, -0.2) is 21.3 Å². The first-order valence-electron chi connectivity index (χ1n) is 5.00. The van der Waals surface area contributed by atoms with Gasteiger partial charge < -0.3 is 9.31 Å². The Labute approximate surface area is 94.1 Å². The molecule has 4 heteroatoms. The van der Waals surface area contributed by atoms with Gasteiger partial charge in [0.05, 0.1) is 0 Å². The zero-order valence-electron chi connectivity index (χ0n) is 9.24. The van der Waals surface area contributed by atoms with Crippen LogP contribution >= 0.6 is 0 Å². The lowest BCUT2D eigenvalue weighted by molar-refractivity contribution is 0.292. The van der Waals surface area contributed by atoms with Crippen molar-refractivity contribution >= 4 is 23.4 Å². The van der Waals surface area contributed by atoms with Crippen LogP contribution in [0.1, 0.15) is 0 Å². The van der Waals surface area contributed by atoms with Crippen molar-refractivity contribution in [1.29, 1.82) is 0 Å². The van der Waals surface area contributed by atoms with Gasteiger partial charge in [-0.05, 0) is 16.9 Å². The minimum atomic E-state index is -0.467. The fraction of sp³-hybridized carbons (Fsp3) is 0.167. The third kappa shape index (κ3) is 1.82. The monoisotopic (exact) mass is 218 g/mol. The minimum absolute atomic E-state index is 0.231. The number of benzene rings is 2. The summed E-state index contributed by atoms with van der Waals surface area (Å²) in [6.07, 6.45) is 0. The molecule has 16 heavy (non-hydrogen) atoms.